The summed E-state index contributed by atoms with van der Waals surface area (Å²) in [6.07, 6.45) is 6.40. The topological polar surface area (TPSA) is 21.9 Å². The maximum atomic E-state index is 5.19. The van der Waals surface area contributed by atoms with Crippen LogP contribution in [0.2, 0.25) is 0 Å². The first-order valence-electron chi connectivity index (χ1n) is 3.46. The maximum Gasteiger partial charge on any atom is 0.0845 e. The zero-order valence-corrected chi connectivity index (χ0v) is 6.02. The van der Waals surface area contributed by atoms with Gasteiger partial charge in [0.2, 0.25) is 0 Å². The molecule has 0 spiro atoms. The van der Waals surface area contributed by atoms with Gasteiger partial charge in [-0.3, -0.25) is 5.32 Å². The lowest BCUT2D eigenvalue weighted by Crippen LogP contribution is -1.97. The van der Waals surface area contributed by atoms with Crippen LogP contribution < -0.4 is 5.32 Å². The van der Waals surface area contributed by atoms with Gasteiger partial charge < -0.3 is 0 Å². The summed E-state index contributed by atoms with van der Waals surface area (Å²) in [5, 5.41) is 3.21. The van der Waals surface area contributed by atoms with Crippen molar-refractivity contribution in [3.05, 3.63) is 0 Å². The molecule has 0 saturated carbocycles. The second kappa shape index (κ2) is 2.41. The van der Waals surface area contributed by atoms with Crippen molar-refractivity contribution in [2.75, 3.05) is 0 Å². The molecule has 50 valence electrons. The molecule has 0 amide bonds. The smallest absolute Gasteiger partial charge is 0.0845 e. The average molecular weight is 123 g/mol. The van der Waals surface area contributed by atoms with Crippen molar-refractivity contribution < 1.29 is 0 Å². The van der Waals surface area contributed by atoms with Crippen molar-refractivity contribution in [2.24, 2.45) is 5.92 Å². The molecule has 1 fully saturated rings. The first kappa shape index (κ1) is 6.64. The summed E-state index contributed by atoms with van der Waals surface area (Å²) in [6, 6.07) is 1.00. The lowest BCUT2D eigenvalue weighted by molar-refractivity contribution is 0.577. The van der Waals surface area contributed by atoms with Gasteiger partial charge in [-0.05, 0) is 12.3 Å². The molecule has 0 aromatic carbocycles. The second-order valence-corrected chi connectivity index (χ2v) is 3.05. The zero-order valence-electron chi connectivity index (χ0n) is 6.02. The predicted octanol–water partition coefficient (Wildman–Crippen LogP) is 1.01. The Kier molecular flexibility index (Phi) is 1.78. The minimum atomic E-state index is 0.382. The highest BCUT2D eigenvalue weighted by Crippen LogP contribution is 2.18. The highest BCUT2D eigenvalue weighted by molar-refractivity contribution is 5.16. The molecular weight excluding hydrogens is 110 g/mol. The summed E-state index contributed by atoms with van der Waals surface area (Å²) >= 11 is 0. The SMILES string of the molecule is C#C[C@@H]1N[C@H]1CC(C)C. The molecule has 1 aliphatic rings. The van der Waals surface area contributed by atoms with Gasteiger partial charge in [0.1, 0.15) is 0 Å². The predicted molar refractivity (Wildman–Crippen MR) is 39.0 cm³/mol. The van der Waals surface area contributed by atoms with Crippen LogP contribution in [0, 0.1) is 18.3 Å². The van der Waals surface area contributed by atoms with Crippen molar-refractivity contribution in [3.63, 3.8) is 0 Å². The van der Waals surface area contributed by atoms with E-state index in [9.17, 15) is 0 Å². The number of rotatable bonds is 2. The number of terminal acetylenes is 1. The highest BCUT2D eigenvalue weighted by Gasteiger charge is 2.33. The van der Waals surface area contributed by atoms with Crippen LogP contribution in [0.25, 0.3) is 0 Å². The summed E-state index contributed by atoms with van der Waals surface area (Å²) in [6.45, 7) is 4.43. The van der Waals surface area contributed by atoms with Crippen LogP contribution in [-0.4, -0.2) is 12.1 Å². The molecule has 1 aliphatic heterocycles. The monoisotopic (exact) mass is 123 g/mol. The van der Waals surface area contributed by atoms with Crippen LogP contribution >= 0.6 is 0 Å². The fraction of sp³-hybridized carbons (Fsp3) is 0.750. The Morgan fingerprint density at radius 1 is 1.67 bits per heavy atom. The number of hydrogen-bond acceptors (Lipinski definition) is 1. The van der Waals surface area contributed by atoms with E-state index in [1.165, 1.54) is 6.42 Å². The molecule has 0 bridgehead atoms. The van der Waals surface area contributed by atoms with E-state index in [0.29, 0.717) is 12.1 Å². The van der Waals surface area contributed by atoms with E-state index in [-0.39, 0.29) is 0 Å². The molecule has 1 heteroatoms. The van der Waals surface area contributed by atoms with E-state index in [1.807, 2.05) is 0 Å². The average Bonchev–Trinajstić information content (AvgIpc) is 2.45. The van der Waals surface area contributed by atoms with Crippen molar-refractivity contribution >= 4 is 0 Å². The van der Waals surface area contributed by atoms with Gasteiger partial charge in [-0.15, -0.1) is 6.42 Å². The standard InChI is InChI=1S/C8H13N/c1-4-7-8(9-7)5-6(2)3/h1,6-9H,5H2,2-3H3/t7-,8-/m0/s1. The molecule has 0 aliphatic carbocycles. The summed E-state index contributed by atoms with van der Waals surface area (Å²) < 4.78 is 0. The van der Waals surface area contributed by atoms with Crippen LogP contribution in [0.1, 0.15) is 20.3 Å². The van der Waals surface area contributed by atoms with Gasteiger partial charge in [0, 0.05) is 6.04 Å². The maximum absolute atomic E-state index is 5.19. The van der Waals surface area contributed by atoms with E-state index < -0.39 is 0 Å². The molecular formula is C8H13N. The Labute approximate surface area is 56.8 Å². The summed E-state index contributed by atoms with van der Waals surface area (Å²) in [4.78, 5) is 0. The van der Waals surface area contributed by atoms with Gasteiger partial charge in [0.15, 0.2) is 0 Å². The molecule has 0 unspecified atom stereocenters. The van der Waals surface area contributed by atoms with Gasteiger partial charge in [-0.1, -0.05) is 19.8 Å². The molecule has 1 heterocycles. The molecule has 1 rings (SSSR count). The normalized spacial score (nSPS) is 32.2. The summed E-state index contributed by atoms with van der Waals surface area (Å²) in [7, 11) is 0. The molecule has 1 saturated heterocycles. The third kappa shape index (κ3) is 1.73. The summed E-state index contributed by atoms with van der Waals surface area (Å²) in [5.74, 6) is 3.45. The molecule has 2 atom stereocenters. The zero-order chi connectivity index (χ0) is 6.85. The van der Waals surface area contributed by atoms with Gasteiger partial charge in [-0.2, -0.15) is 0 Å². The van der Waals surface area contributed by atoms with Gasteiger partial charge in [-0.25, -0.2) is 0 Å². The first-order valence-corrected chi connectivity index (χ1v) is 3.46. The molecule has 0 aromatic rings. The fourth-order valence-corrected chi connectivity index (χ4v) is 1.05. The van der Waals surface area contributed by atoms with Gasteiger partial charge in [0.05, 0.1) is 6.04 Å². The van der Waals surface area contributed by atoms with Crippen LogP contribution in [0.3, 0.4) is 0 Å². The number of hydrogen-bond donors (Lipinski definition) is 1. The van der Waals surface area contributed by atoms with Crippen molar-refractivity contribution in [1.29, 1.82) is 0 Å². The van der Waals surface area contributed by atoms with E-state index in [4.69, 9.17) is 6.42 Å². The van der Waals surface area contributed by atoms with Gasteiger partial charge in [0.25, 0.3) is 0 Å². The van der Waals surface area contributed by atoms with E-state index in [0.717, 1.165) is 5.92 Å². The van der Waals surface area contributed by atoms with E-state index in [2.05, 4.69) is 25.1 Å². The van der Waals surface area contributed by atoms with Crippen LogP contribution in [0.4, 0.5) is 0 Å². The van der Waals surface area contributed by atoms with Crippen molar-refractivity contribution in [1.82, 2.24) is 5.32 Å². The number of nitrogens with one attached hydrogen (secondary N) is 1. The van der Waals surface area contributed by atoms with Crippen molar-refractivity contribution in [2.45, 2.75) is 32.4 Å². The Balaban J connectivity index is 2.14. The Morgan fingerprint density at radius 3 is 2.67 bits per heavy atom. The van der Waals surface area contributed by atoms with Crippen LogP contribution in [0.15, 0.2) is 0 Å². The molecule has 1 N–H and O–H groups in total. The molecule has 9 heavy (non-hydrogen) atoms. The third-order valence-corrected chi connectivity index (χ3v) is 1.59. The minimum absolute atomic E-state index is 0.382. The molecule has 0 aromatic heterocycles. The minimum Gasteiger partial charge on any atom is -0.297 e. The largest absolute Gasteiger partial charge is 0.297 e. The quantitative estimate of drug-likeness (QED) is 0.429. The first-order chi connectivity index (χ1) is 4.24. The highest BCUT2D eigenvalue weighted by atomic mass is 15.1. The summed E-state index contributed by atoms with van der Waals surface area (Å²) in [5.41, 5.74) is 0. The Bertz CT molecular complexity index is 132. The third-order valence-electron chi connectivity index (χ3n) is 1.59. The van der Waals surface area contributed by atoms with E-state index >= 15 is 0 Å². The van der Waals surface area contributed by atoms with Crippen LogP contribution in [0.5, 0.6) is 0 Å². The van der Waals surface area contributed by atoms with Gasteiger partial charge >= 0.3 is 0 Å². The lowest BCUT2D eigenvalue weighted by atomic mass is 10.1. The second-order valence-electron chi connectivity index (χ2n) is 3.05. The Morgan fingerprint density at radius 2 is 2.33 bits per heavy atom. The van der Waals surface area contributed by atoms with E-state index in [1.54, 1.807) is 0 Å². The van der Waals surface area contributed by atoms with Crippen LogP contribution in [-0.2, 0) is 0 Å². The molecule has 0 radical (unpaired) electrons. The molecule has 1 nitrogen and oxygen atoms in total. The fourth-order valence-electron chi connectivity index (χ4n) is 1.05. The van der Waals surface area contributed by atoms with Crippen molar-refractivity contribution in [3.8, 4) is 12.3 Å². The lowest BCUT2D eigenvalue weighted by Gasteiger charge is -1.97. The Hall–Kier alpha value is -0.480.